The number of ether oxygens (including phenoxy) is 1. The smallest absolute Gasteiger partial charge is 0.425 e. The fraction of sp³-hybridized carbons (Fsp3) is 0.875. The van der Waals surface area contributed by atoms with E-state index in [0.717, 1.165) is 0 Å². The number of rotatable bonds is 5. The highest BCUT2D eigenvalue weighted by atomic mass is 31.1. The topological polar surface area (TPSA) is 61.8 Å². The molecule has 0 aromatic rings. The Morgan fingerprint density at radius 1 is 1.36 bits per heavy atom. The zero-order chi connectivity index (χ0) is 11.2. The van der Waals surface area contributed by atoms with Crippen LogP contribution in [0.3, 0.4) is 0 Å². The van der Waals surface area contributed by atoms with Crippen LogP contribution in [-0.2, 0) is 18.3 Å². The second-order valence-corrected chi connectivity index (χ2v) is 4.00. The molecule has 14 heavy (non-hydrogen) atoms. The van der Waals surface area contributed by atoms with Crippen molar-refractivity contribution in [1.29, 1.82) is 0 Å². The molecule has 1 atom stereocenters. The molecule has 0 saturated heterocycles. The van der Waals surface area contributed by atoms with Crippen molar-refractivity contribution in [1.82, 2.24) is 0 Å². The van der Waals surface area contributed by atoms with E-state index in [-0.39, 0.29) is 0 Å². The Balaban J connectivity index is 4.10. The predicted octanol–water partition coefficient (Wildman–Crippen LogP) is 3.02. The Kier molecular flexibility index (Phi) is 5.65. The molecule has 0 aromatic heterocycles. The SMILES string of the molecule is CCC(C)(CC)OC(=O)O[P+](=O)OC. The first-order valence-corrected chi connectivity index (χ1v) is 5.49. The van der Waals surface area contributed by atoms with E-state index in [2.05, 4.69) is 9.05 Å². The van der Waals surface area contributed by atoms with Crippen molar-refractivity contribution in [2.45, 2.75) is 39.2 Å². The van der Waals surface area contributed by atoms with E-state index in [4.69, 9.17) is 4.74 Å². The average molecular weight is 223 g/mol. The summed E-state index contributed by atoms with van der Waals surface area (Å²) in [6.07, 6.45) is 0.379. The van der Waals surface area contributed by atoms with Crippen LogP contribution in [0.1, 0.15) is 33.6 Å². The van der Waals surface area contributed by atoms with Crippen LogP contribution in [0.4, 0.5) is 4.79 Å². The summed E-state index contributed by atoms with van der Waals surface area (Å²) in [5.74, 6) is 0. The lowest BCUT2D eigenvalue weighted by Gasteiger charge is -2.24. The average Bonchev–Trinajstić information content (AvgIpc) is 2.17. The summed E-state index contributed by atoms with van der Waals surface area (Å²) in [6.45, 7) is 5.58. The van der Waals surface area contributed by atoms with Gasteiger partial charge >= 0.3 is 14.4 Å². The zero-order valence-corrected chi connectivity index (χ0v) is 9.80. The van der Waals surface area contributed by atoms with Gasteiger partial charge in [0, 0.05) is 4.57 Å². The lowest BCUT2D eigenvalue weighted by molar-refractivity contribution is -0.00790. The Hall–Kier alpha value is -0.670. The van der Waals surface area contributed by atoms with Crippen LogP contribution in [0.5, 0.6) is 0 Å². The van der Waals surface area contributed by atoms with Gasteiger partial charge in [0.25, 0.3) is 0 Å². The van der Waals surface area contributed by atoms with E-state index in [0.29, 0.717) is 12.8 Å². The van der Waals surface area contributed by atoms with Gasteiger partial charge in [-0.25, -0.2) is 0 Å². The number of carbonyl (C=O) groups is 1. The molecule has 0 amide bonds. The third-order valence-corrected chi connectivity index (χ3v) is 2.72. The molecule has 6 heteroatoms. The molecule has 0 aromatic carbocycles. The van der Waals surface area contributed by atoms with E-state index in [1.807, 2.05) is 13.8 Å². The minimum atomic E-state index is -2.41. The van der Waals surface area contributed by atoms with Crippen molar-refractivity contribution in [3.63, 3.8) is 0 Å². The summed E-state index contributed by atoms with van der Waals surface area (Å²) >= 11 is 0. The van der Waals surface area contributed by atoms with E-state index in [1.54, 1.807) is 6.92 Å². The Morgan fingerprint density at radius 2 is 1.86 bits per heavy atom. The van der Waals surface area contributed by atoms with Crippen LogP contribution in [0.2, 0.25) is 0 Å². The minimum absolute atomic E-state index is 0.568. The maximum Gasteiger partial charge on any atom is 0.756 e. The third kappa shape index (κ3) is 4.53. The maximum atomic E-state index is 11.0. The van der Waals surface area contributed by atoms with Gasteiger partial charge in [-0.2, -0.15) is 4.79 Å². The van der Waals surface area contributed by atoms with Gasteiger partial charge < -0.3 is 4.74 Å². The summed E-state index contributed by atoms with van der Waals surface area (Å²) in [7, 11) is -1.22. The highest BCUT2D eigenvalue weighted by Gasteiger charge is 2.32. The fourth-order valence-corrected chi connectivity index (χ4v) is 0.946. The molecule has 0 bridgehead atoms. The Morgan fingerprint density at radius 3 is 2.21 bits per heavy atom. The standard InChI is InChI=1S/C8H16O5P/c1-5-8(3,6-2)12-7(9)13-14(10)11-4/h5-6H2,1-4H3/q+1. The number of carbonyl (C=O) groups excluding carboxylic acids is 1. The Labute approximate surface area is 84.7 Å². The van der Waals surface area contributed by atoms with E-state index in [9.17, 15) is 9.36 Å². The molecule has 0 fully saturated rings. The van der Waals surface area contributed by atoms with Gasteiger partial charge in [0.1, 0.15) is 5.60 Å². The molecule has 0 radical (unpaired) electrons. The van der Waals surface area contributed by atoms with Crippen LogP contribution in [-0.4, -0.2) is 18.9 Å². The molecule has 0 aliphatic rings. The summed E-state index contributed by atoms with van der Waals surface area (Å²) in [4.78, 5) is 11.0. The molecular weight excluding hydrogens is 207 g/mol. The lowest BCUT2D eigenvalue weighted by Crippen LogP contribution is -2.29. The van der Waals surface area contributed by atoms with Gasteiger partial charge in [-0.1, -0.05) is 13.8 Å². The van der Waals surface area contributed by atoms with E-state index in [1.165, 1.54) is 7.11 Å². The summed E-state index contributed by atoms with van der Waals surface area (Å²) in [5.41, 5.74) is -0.568. The van der Waals surface area contributed by atoms with Gasteiger partial charge in [-0.3, -0.25) is 0 Å². The molecule has 5 nitrogen and oxygen atoms in total. The predicted molar refractivity (Wildman–Crippen MR) is 51.2 cm³/mol. The van der Waals surface area contributed by atoms with Crippen LogP contribution in [0.25, 0.3) is 0 Å². The highest BCUT2D eigenvalue weighted by Crippen LogP contribution is 2.26. The lowest BCUT2D eigenvalue weighted by atomic mass is 10.0. The van der Waals surface area contributed by atoms with Crippen LogP contribution >= 0.6 is 8.25 Å². The first-order valence-electron chi connectivity index (χ1n) is 4.39. The van der Waals surface area contributed by atoms with Crippen LogP contribution in [0, 0.1) is 0 Å². The molecule has 82 valence electrons. The Bertz CT molecular complexity index is 212. The molecule has 0 saturated carbocycles. The summed E-state index contributed by atoms with van der Waals surface area (Å²) in [5, 5.41) is 0. The zero-order valence-electron chi connectivity index (χ0n) is 8.90. The second-order valence-electron chi connectivity index (χ2n) is 3.01. The molecule has 0 heterocycles. The van der Waals surface area contributed by atoms with Crippen molar-refractivity contribution in [2.75, 3.05) is 7.11 Å². The normalized spacial score (nSPS) is 12.1. The molecule has 0 N–H and O–H groups in total. The van der Waals surface area contributed by atoms with Gasteiger partial charge in [0.2, 0.25) is 0 Å². The van der Waals surface area contributed by atoms with Crippen LogP contribution < -0.4 is 0 Å². The van der Waals surface area contributed by atoms with Gasteiger partial charge in [0.15, 0.2) is 0 Å². The molecule has 0 spiro atoms. The van der Waals surface area contributed by atoms with Crippen molar-refractivity contribution in [3.8, 4) is 0 Å². The summed E-state index contributed by atoms with van der Waals surface area (Å²) < 4.78 is 24.3. The maximum absolute atomic E-state index is 11.0. The minimum Gasteiger partial charge on any atom is -0.425 e. The summed E-state index contributed by atoms with van der Waals surface area (Å²) in [6, 6.07) is 0. The largest absolute Gasteiger partial charge is 0.756 e. The first kappa shape index (κ1) is 13.3. The molecule has 0 aliphatic heterocycles. The van der Waals surface area contributed by atoms with Gasteiger partial charge in [0.05, 0.1) is 7.11 Å². The molecular formula is C8H16O5P+. The number of hydrogen-bond donors (Lipinski definition) is 0. The van der Waals surface area contributed by atoms with Crippen molar-refractivity contribution < 1.29 is 23.1 Å². The molecule has 0 rings (SSSR count). The second kappa shape index (κ2) is 5.94. The highest BCUT2D eigenvalue weighted by molar-refractivity contribution is 7.33. The van der Waals surface area contributed by atoms with Crippen molar-refractivity contribution in [2.24, 2.45) is 0 Å². The van der Waals surface area contributed by atoms with E-state index >= 15 is 0 Å². The van der Waals surface area contributed by atoms with Crippen molar-refractivity contribution in [3.05, 3.63) is 0 Å². The first-order chi connectivity index (χ1) is 6.47. The quantitative estimate of drug-likeness (QED) is 0.529. The van der Waals surface area contributed by atoms with Crippen molar-refractivity contribution >= 4 is 14.4 Å². The monoisotopic (exact) mass is 223 g/mol. The van der Waals surface area contributed by atoms with E-state index < -0.39 is 20.0 Å². The van der Waals surface area contributed by atoms with Gasteiger partial charge in [-0.05, 0) is 19.8 Å². The molecule has 1 unspecified atom stereocenters. The van der Waals surface area contributed by atoms with Gasteiger partial charge in [-0.15, -0.1) is 9.05 Å². The fourth-order valence-electron chi connectivity index (χ4n) is 0.712. The third-order valence-electron chi connectivity index (χ3n) is 2.12. The molecule has 0 aliphatic carbocycles. The van der Waals surface area contributed by atoms with Crippen LogP contribution in [0.15, 0.2) is 0 Å². The number of hydrogen-bond acceptors (Lipinski definition) is 5.